The van der Waals surface area contributed by atoms with Crippen molar-refractivity contribution in [3.05, 3.63) is 0 Å². The molecule has 0 aromatic rings. The van der Waals surface area contributed by atoms with E-state index in [1.165, 1.54) is 32.8 Å². The summed E-state index contributed by atoms with van der Waals surface area (Å²) in [6.45, 7) is 6.71. The van der Waals surface area contributed by atoms with Crippen LogP contribution < -0.4 is 5.32 Å². The van der Waals surface area contributed by atoms with Gasteiger partial charge in [0.15, 0.2) is 0 Å². The Kier molecular flexibility index (Phi) is 4.28. The van der Waals surface area contributed by atoms with E-state index < -0.39 is 5.54 Å². The molecule has 0 bridgehead atoms. The number of hydrogen-bond donors (Lipinski definition) is 1. The first-order valence-electron chi connectivity index (χ1n) is 7.16. The van der Waals surface area contributed by atoms with Crippen LogP contribution in [0.4, 0.5) is 0 Å². The molecule has 0 radical (unpaired) electrons. The van der Waals surface area contributed by atoms with Gasteiger partial charge in [0.25, 0.3) is 0 Å². The number of esters is 1. The van der Waals surface area contributed by atoms with E-state index in [1.54, 1.807) is 0 Å². The van der Waals surface area contributed by atoms with Gasteiger partial charge in [0.1, 0.15) is 5.54 Å². The predicted octanol–water partition coefficient (Wildman–Crippen LogP) is 1.40. The van der Waals surface area contributed by atoms with Crippen molar-refractivity contribution in [2.75, 3.05) is 26.7 Å². The van der Waals surface area contributed by atoms with Crippen molar-refractivity contribution >= 4 is 5.97 Å². The maximum atomic E-state index is 12.0. The van der Waals surface area contributed by atoms with Gasteiger partial charge in [0, 0.05) is 19.1 Å². The minimum absolute atomic E-state index is 0.147. The molecular formula is C14H26N2O2. The van der Waals surface area contributed by atoms with Crippen LogP contribution in [0.3, 0.4) is 0 Å². The largest absolute Gasteiger partial charge is 0.468 e. The van der Waals surface area contributed by atoms with Crippen molar-refractivity contribution < 1.29 is 9.53 Å². The third kappa shape index (κ3) is 3.45. The molecule has 18 heavy (non-hydrogen) atoms. The number of methoxy groups -OCH3 is 1. The Balaban J connectivity index is 1.97. The quantitative estimate of drug-likeness (QED) is 0.665. The molecule has 104 valence electrons. The molecule has 0 aromatic heterocycles. The van der Waals surface area contributed by atoms with Crippen molar-refractivity contribution in [1.29, 1.82) is 0 Å². The fraction of sp³-hybridized carbons (Fsp3) is 0.929. The zero-order chi connectivity index (χ0) is 13.2. The monoisotopic (exact) mass is 254 g/mol. The van der Waals surface area contributed by atoms with Crippen LogP contribution in [0, 0.1) is 5.92 Å². The Morgan fingerprint density at radius 1 is 1.39 bits per heavy atom. The standard InChI is InChI=1S/C14H26N2O2/c1-4-15-14(2,13(17)18-3)10-16(12-7-8-12)9-11-5-6-11/h11-12,15H,4-10H2,1-3H3. The molecule has 0 aliphatic heterocycles. The smallest absolute Gasteiger partial charge is 0.327 e. The summed E-state index contributed by atoms with van der Waals surface area (Å²) in [6.07, 6.45) is 5.30. The lowest BCUT2D eigenvalue weighted by atomic mass is 10.0. The second-order valence-electron chi connectivity index (χ2n) is 5.96. The lowest BCUT2D eigenvalue weighted by Crippen LogP contribution is -2.58. The molecule has 4 nitrogen and oxygen atoms in total. The molecule has 2 aliphatic carbocycles. The number of rotatable bonds is 8. The molecule has 4 heteroatoms. The third-order valence-corrected chi connectivity index (χ3v) is 3.98. The maximum Gasteiger partial charge on any atom is 0.327 e. The zero-order valence-electron chi connectivity index (χ0n) is 11.9. The van der Waals surface area contributed by atoms with Gasteiger partial charge in [0.05, 0.1) is 7.11 Å². The lowest BCUT2D eigenvalue weighted by molar-refractivity contribution is -0.148. The van der Waals surface area contributed by atoms with Crippen LogP contribution in [0.25, 0.3) is 0 Å². The Labute approximate surface area is 110 Å². The van der Waals surface area contributed by atoms with E-state index in [-0.39, 0.29) is 5.97 Å². The number of likely N-dealkylation sites (N-methyl/N-ethyl adjacent to an activating group) is 1. The molecule has 1 atom stereocenters. The molecule has 0 spiro atoms. The van der Waals surface area contributed by atoms with Crippen LogP contribution in [-0.2, 0) is 9.53 Å². The highest BCUT2D eigenvalue weighted by Gasteiger charge is 2.41. The van der Waals surface area contributed by atoms with Gasteiger partial charge in [-0.05, 0) is 45.1 Å². The molecule has 1 N–H and O–H groups in total. The molecule has 2 rings (SSSR count). The van der Waals surface area contributed by atoms with Crippen molar-refractivity contribution in [2.24, 2.45) is 5.92 Å². The van der Waals surface area contributed by atoms with Crippen LogP contribution in [0.15, 0.2) is 0 Å². The van der Waals surface area contributed by atoms with Gasteiger partial charge in [-0.15, -0.1) is 0 Å². The van der Waals surface area contributed by atoms with Crippen molar-refractivity contribution in [1.82, 2.24) is 10.2 Å². The van der Waals surface area contributed by atoms with Crippen LogP contribution in [0.2, 0.25) is 0 Å². The van der Waals surface area contributed by atoms with E-state index in [4.69, 9.17) is 4.74 Å². The third-order valence-electron chi connectivity index (χ3n) is 3.98. The van der Waals surface area contributed by atoms with Crippen LogP contribution in [-0.4, -0.2) is 49.2 Å². The SMILES string of the molecule is CCNC(C)(CN(CC1CC1)C1CC1)C(=O)OC. The van der Waals surface area contributed by atoms with Gasteiger partial charge in [-0.1, -0.05) is 6.92 Å². The lowest BCUT2D eigenvalue weighted by Gasteiger charge is -2.34. The molecule has 0 saturated heterocycles. The maximum absolute atomic E-state index is 12.0. The first-order chi connectivity index (χ1) is 8.59. The van der Waals surface area contributed by atoms with E-state index in [1.807, 2.05) is 13.8 Å². The summed E-state index contributed by atoms with van der Waals surface area (Å²) in [6, 6.07) is 0.702. The fourth-order valence-corrected chi connectivity index (χ4v) is 2.63. The Morgan fingerprint density at radius 3 is 2.50 bits per heavy atom. The Morgan fingerprint density at radius 2 is 2.06 bits per heavy atom. The summed E-state index contributed by atoms with van der Waals surface area (Å²) in [7, 11) is 1.47. The molecule has 0 amide bonds. The molecular weight excluding hydrogens is 228 g/mol. The Hall–Kier alpha value is -0.610. The van der Waals surface area contributed by atoms with Crippen LogP contribution in [0.1, 0.15) is 39.5 Å². The molecule has 2 aliphatic rings. The summed E-state index contributed by atoms with van der Waals surface area (Å²) >= 11 is 0. The molecule has 0 aromatic carbocycles. The van der Waals surface area contributed by atoms with E-state index >= 15 is 0 Å². The van der Waals surface area contributed by atoms with Crippen molar-refractivity contribution in [3.63, 3.8) is 0 Å². The number of nitrogens with one attached hydrogen (secondary N) is 1. The topological polar surface area (TPSA) is 41.6 Å². The predicted molar refractivity (Wildman–Crippen MR) is 71.4 cm³/mol. The van der Waals surface area contributed by atoms with Gasteiger partial charge in [-0.3, -0.25) is 9.69 Å². The molecule has 2 saturated carbocycles. The van der Waals surface area contributed by atoms with Gasteiger partial charge >= 0.3 is 5.97 Å². The number of hydrogen-bond acceptors (Lipinski definition) is 4. The summed E-state index contributed by atoms with van der Waals surface area (Å²) in [5, 5.41) is 3.30. The molecule has 1 unspecified atom stereocenters. The van der Waals surface area contributed by atoms with Crippen molar-refractivity contribution in [3.8, 4) is 0 Å². The summed E-state index contributed by atoms with van der Waals surface area (Å²) in [4.78, 5) is 14.5. The van der Waals surface area contributed by atoms with Crippen molar-refractivity contribution in [2.45, 2.75) is 51.1 Å². The second-order valence-corrected chi connectivity index (χ2v) is 5.96. The Bertz CT molecular complexity index is 300. The minimum atomic E-state index is -0.568. The van der Waals surface area contributed by atoms with Gasteiger partial charge in [-0.2, -0.15) is 0 Å². The second kappa shape index (κ2) is 5.57. The first kappa shape index (κ1) is 13.8. The minimum Gasteiger partial charge on any atom is -0.468 e. The number of carbonyl (C=O) groups excluding carboxylic acids is 1. The summed E-state index contributed by atoms with van der Waals surface area (Å²) < 4.78 is 4.96. The van der Waals surface area contributed by atoms with E-state index in [2.05, 4.69) is 10.2 Å². The average Bonchev–Trinajstić information content (AvgIpc) is 3.18. The number of ether oxygens (including phenoxy) is 1. The number of carbonyl (C=O) groups is 1. The van der Waals surface area contributed by atoms with E-state index in [0.717, 1.165) is 25.6 Å². The summed E-state index contributed by atoms with van der Waals surface area (Å²) in [5.41, 5.74) is -0.568. The molecule has 0 heterocycles. The van der Waals surface area contributed by atoms with E-state index in [0.29, 0.717) is 6.04 Å². The normalized spacial score (nSPS) is 22.9. The fourth-order valence-electron chi connectivity index (χ4n) is 2.63. The zero-order valence-corrected chi connectivity index (χ0v) is 11.9. The van der Waals surface area contributed by atoms with E-state index in [9.17, 15) is 4.79 Å². The van der Waals surface area contributed by atoms with Crippen LogP contribution >= 0.6 is 0 Å². The summed E-state index contributed by atoms with van der Waals surface area (Å²) in [5.74, 6) is 0.722. The van der Waals surface area contributed by atoms with Gasteiger partial charge in [-0.25, -0.2) is 0 Å². The van der Waals surface area contributed by atoms with Gasteiger partial charge in [0.2, 0.25) is 0 Å². The first-order valence-corrected chi connectivity index (χ1v) is 7.16. The average molecular weight is 254 g/mol. The molecule has 2 fully saturated rings. The highest BCUT2D eigenvalue weighted by Crippen LogP contribution is 2.35. The highest BCUT2D eigenvalue weighted by atomic mass is 16.5. The van der Waals surface area contributed by atoms with Crippen LogP contribution in [0.5, 0.6) is 0 Å². The number of nitrogens with zero attached hydrogens (tertiary/aromatic N) is 1. The highest BCUT2D eigenvalue weighted by molar-refractivity contribution is 5.80. The van der Waals surface area contributed by atoms with Gasteiger partial charge < -0.3 is 10.1 Å².